The molecule has 0 unspecified atom stereocenters. The summed E-state index contributed by atoms with van der Waals surface area (Å²) in [6, 6.07) is 7.04. The summed E-state index contributed by atoms with van der Waals surface area (Å²) in [5, 5.41) is 5.50. The van der Waals surface area contributed by atoms with Crippen LogP contribution in [0.15, 0.2) is 35.3 Å². The minimum atomic E-state index is -0.445. The largest absolute Gasteiger partial charge is 0.326 e. The molecule has 0 aliphatic heterocycles. The van der Waals surface area contributed by atoms with Gasteiger partial charge in [0.05, 0.1) is 0 Å². The molecule has 6 heteroatoms. The highest BCUT2D eigenvalue weighted by molar-refractivity contribution is 6.05. The summed E-state index contributed by atoms with van der Waals surface area (Å²) in [5.74, 6) is -0.169. The fourth-order valence-corrected chi connectivity index (χ4v) is 2.74. The zero-order valence-corrected chi connectivity index (χ0v) is 16.6. The van der Waals surface area contributed by atoms with E-state index in [1.807, 2.05) is 6.92 Å². The zero-order chi connectivity index (χ0) is 20.1. The smallest absolute Gasteiger partial charge is 0.263 e. The van der Waals surface area contributed by atoms with Crippen LogP contribution in [-0.4, -0.2) is 16.4 Å². The van der Waals surface area contributed by atoms with Crippen LogP contribution in [0.5, 0.6) is 0 Å². The van der Waals surface area contributed by atoms with Crippen molar-refractivity contribution in [1.82, 2.24) is 4.57 Å². The lowest BCUT2D eigenvalue weighted by molar-refractivity contribution is -0.114. The minimum Gasteiger partial charge on any atom is -0.326 e. The first-order valence-corrected chi connectivity index (χ1v) is 9.08. The van der Waals surface area contributed by atoms with E-state index in [0.29, 0.717) is 29.4 Å². The van der Waals surface area contributed by atoms with E-state index in [-0.39, 0.29) is 17.0 Å². The van der Waals surface area contributed by atoms with Gasteiger partial charge in [0.1, 0.15) is 5.56 Å². The number of hydrogen-bond donors (Lipinski definition) is 2. The zero-order valence-electron chi connectivity index (χ0n) is 16.6. The van der Waals surface area contributed by atoms with Crippen molar-refractivity contribution in [2.75, 3.05) is 10.6 Å². The van der Waals surface area contributed by atoms with Gasteiger partial charge in [-0.15, -0.1) is 0 Å². The molecule has 27 heavy (non-hydrogen) atoms. The van der Waals surface area contributed by atoms with Gasteiger partial charge in [-0.2, -0.15) is 0 Å². The summed E-state index contributed by atoms with van der Waals surface area (Å²) in [7, 11) is 0. The second-order valence-corrected chi connectivity index (χ2v) is 7.22. The molecular formula is C21H27N3O3. The van der Waals surface area contributed by atoms with Gasteiger partial charge in [-0.3, -0.25) is 14.4 Å². The molecule has 0 fully saturated rings. The number of carbonyl (C=O) groups excluding carboxylic acids is 2. The lowest BCUT2D eigenvalue weighted by Crippen LogP contribution is -2.30. The van der Waals surface area contributed by atoms with Gasteiger partial charge >= 0.3 is 0 Å². The molecule has 0 radical (unpaired) electrons. The van der Waals surface area contributed by atoms with Crippen LogP contribution in [0.2, 0.25) is 0 Å². The normalized spacial score (nSPS) is 10.7. The molecule has 0 spiro atoms. The molecule has 6 nitrogen and oxygen atoms in total. The van der Waals surface area contributed by atoms with Crippen molar-refractivity contribution in [2.45, 2.75) is 47.6 Å². The topological polar surface area (TPSA) is 80.2 Å². The molecule has 1 aromatic heterocycles. The number of amides is 2. The van der Waals surface area contributed by atoms with E-state index in [0.717, 1.165) is 12.0 Å². The van der Waals surface area contributed by atoms with Crippen molar-refractivity contribution >= 4 is 23.2 Å². The first-order valence-electron chi connectivity index (χ1n) is 9.08. The van der Waals surface area contributed by atoms with Crippen LogP contribution >= 0.6 is 0 Å². The van der Waals surface area contributed by atoms with Gasteiger partial charge in [-0.05, 0) is 55.5 Å². The number of hydrogen-bond acceptors (Lipinski definition) is 3. The molecule has 0 aliphatic rings. The summed E-state index contributed by atoms with van der Waals surface area (Å²) in [4.78, 5) is 36.8. The lowest BCUT2D eigenvalue weighted by atomic mass is 10.1. The Morgan fingerprint density at radius 3 is 2.41 bits per heavy atom. The highest BCUT2D eigenvalue weighted by Crippen LogP contribution is 2.21. The van der Waals surface area contributed by atoms with Gasteiger partial charge in [-0.25, -0.2) is 0 Å². The molecule has 1 aromatic carbocycles. The van der Waals surface area contributed by atoms with Crippen molar-refractivity contribution in [2.24, 2.45) is 5.92 Å². The molecule has 2 aromatic rings. The van der Waals surface area contributed by atoms with E-state index in [1.54, 1.807) is 42.0 Å². The van der Waals surface area contributed by atoms with Crippen LogP contribution in [0, 0.1) is 19.8 Å². The molecule has 0 bridgehead atoms. The number of nitrogens with one attached hydrogen (secondary N) is 2. The molecule has 2 rings (SSSR count). The fourth-order valence-electron chi connectivity index (χ4n) is 2.74. The van der Waals surface area contributed by atoms with E-state index in [2.05, 4.69) is 24.5 Å². The van der Waals surface area contributed by atoms with Crippen LogP contribution in [0.3, 0.4) is 0 Å². The summed E-state index contributed by atoms with van der Waals surface area (Å²) >= 11 is 0. The maximum atomic E-state index is 12.8. The van der Waals surface area contributed by atoms with E-state index in [9.17, 15) is 14.4 Å². The molecule has 0 saturated heterocycles. The number of nitrogens with zero attached hydrogens (tertiary/aromatic N) is 1. The third-order valence-electron chi connectivity index (χ3n) is 4.35. The summed E-state index contributed by atoms with van der Waals surface area (Å²) < 4.78 is 1.59. The second-order valence-electron chi connectivity index (χ2n) is 7.22. The van der Waals surface area contributed by atoms with Crippen LogP contribution in [0.1, 0.15) is 48.7 Å². The maximum absolute atomic E-state index is 12.8. The Bertz CT molecular complexity index is 913. The highest BCUT2D eigenvalue weighted by Gasteiger charge is 2.17. The predicted octanol–water partition coefficient (Wildman–Crippen LogP) is 3.72. The van der Waals surface area contributed by atoms with Crippen LogP contribution in [0.25, 0.3) is 0 Å². The Morgan fingerprint density at radius 2 is 1.78 bits per heavy atom. The van der Waals surface area contributed by atoms with Crippen molar-refractivity contribution in [3.63, 3.8) is 0 Å². The van der Waals surface area contributed by atoms with Crippen LogP contribution in [0.4, 0.5) is 11.4 Å². The fraction of sp³-hybridized carbons (Fsp3) is 0.381. The first-order chi connectivity index (χ1) is 12.7. The Morgan fingerprint density at radius 1 is 1.07 bits per heavy atom. The molecule has 2 N–H and O–H groups in total. The Kier molecular flexibility index (Phi) is 6.55. The van der Waals surface area contributed by atoms with Crippen LogP contribution < -0.4 is 16.2 Å². The Labute approximate surface area is 159 Å². The van der Waals surface area contributed by atoms with E-state index >= 15 is 0 Å². The Hall–Kier alpha value is -2.89. The van der Waals surface area contributed by atoms with Gasteiger partial charge in [0.15, 0.2) is 0 Å². The minimum absolute atomic E-state index is 0.144. The van der Waals surface area contributed by atoms with Gasteiger partial charge < -0.3 is 15.2 Å². The SMILES string of the molecule is CC(=O)Nc1ccc(C)c(NC(=O)c2c(C)ccn(CCC(C)C)c2=O)c1. The average molecular weight is 369 g/mol. The third-order valence-corrected chi connectivity index (χ3v) is 4.35. The van der Waals surface area contributed by atoms with Crippen molar-refractivity contribution < 1.29 is 9.59 Å². The maximum Gasteiger partial charge on any atom is 0.263 e. The number of aryl methyl sites for hydroxylation is 3. The van der Waals surface area contributed by atoms with Crippen molar-refractivity contribution in [1.29, 1.82) is 0 Å². The van der Waals surface area contributed by atoms with Gasteiger partial charge in [0, 0.05) is 31.0 Å². The molecule has 0 aliphatic carbocycles. The molecule has 2 amide bonds. The van der Waals surface area contributed by atoms with Crippen LogP contribution in [-0.2, 0) is 11.3 Å². The molecule has 144 valence electrons. The summed E-state index contributed by atoms with van der Waals surface area (Å²) in [5.41, 5.74) is 2.47. The van der Waals surface area contributed by atoms with E-state index in [1.165, 1.54) is 6.92 Å². The third kappa shape index (κ3) is 5.29. The van der Waals surface area contributed by atoms with Gasteiger partial charge in [0.2, 0.25) is 5.91 Å². The van der Waals surface area contributed by atoms with Crippen molar-refractivity contribution in [3.05, 3.63) is 57.5 Å². The van der Waals surface area contributed by atoms with Gasteiger partial charge in [0.25, 0.3) is 11.5 Å². The van der Waals surface area contributed by atoms with E-state index < -0.39 is 5.91 Å². The number of carbonyl (C=O) groups is 2. The number of rotatable bonds is 6. The Balaban J connectivity index is 2.32. The first kappa shape index (κ1) is 20.4. The monoisotopic (exact) mass is 369 g/mol. The molecule has 0 saturated carbocycles. The number of pyridine rings is 1. The summed E-state index contributed by atoms with van der Waals surface area (Å²) in [6.45, 7) is 9.80. The highest BCUT2D eigenvalue weighted by atomic mass is 16.2. The predicted molar refractivity (Wildman–Crippen MR) is 108 cm³/mol. The molecule has 0 atom stereocenters. The molecular weight excluding hydrogens is 342 g/mol. The van der Waals surface area contributed by atoms with Gasteiger partial charge in [-0.1, -0.05) is 19.9 Å². The molecule has 1 heterocycles. The number of aromatic nitrogens is 1. The average Bonchev–Trinajstić information content (AvgIpc) is 2.56. The standard InChI is InChI=1S/C21H27N3O3/c1-13(2)8-10-24-11-9-15(4)19(21(24)27)20(26)23-18-12-17(22-16(5)25)7-6-14(18)3/h6-7,9,11-13H,8,10H2,1-5H3,(H,22,25)(H,23,26). The number of anilines is 2. The second kappa shape index (κ2) is 8.66. The lowest BCUT2D eigenvalue weighted by Gasteiger charge is -2.14. The van der Waals surface area contributed by atoms with E-state index in [4.69, 9.17) is 0 Å². The quantitative estimate of drug-likeness (QED) is 0.814. The summed E-state index contributed by atoms with van der Waals surface area (Å²) in [6.07, 6.45) is 2.60. The van der Waals surface area contributed by atoms with Crippen molar-refractivity contribution in [3.8, 4) is 0 Å². The number of benzene rings is 1.